The summed E-state index contributed by atoms with van der Waals surface area (Å²) in [6.07, 6.45) is 2.12. The van der Waals surface area contributed by atoms with Crippen molar-refractivity contribution in [2.24, 2.45) is 0 Å². The Morgan fingerprint density at radius 2 is 2.30 bits per heavy atom. The fourth-order valence-electron chi connectivity index (χ4n) is 2.12. The van der Waals surface area contributed by atoms with Gasteiger partial charge in [-0.3, -0.25) is 5.10 Å². The fraction of sp³-hybridized carbons (Fsp3) is 0.750. The van der Waals surface area contributed by atoms with Crippen LogP contribution in [0.15, 0.2) is 11.2 Å². The monoisotopic (exact) mass is 302 g/mol. The van der Waals surface area contributed by atoms with E-state index in [4.69, 9.17) is 4.74 Å². The largest absolute Gasteiger partial charge is 0.377 e. The minimum atomic E-state index is -3.60. The molecule has 1 aliphatic heterocycles. The number of aromatic nitrogens is 2. The normalized spacial score (nSPS) is 23.6. The van der Waals surface area contributed by atoms with Gasteiger partial charge in [-0.1, -0.05) is 13.8 Å². The molecule has 0 radical (unpaired) electrons. The number of rotatable bonds is 6. The Bertz CT molecular complexity index is 541. The van der Waals surface area contributed by atoms with E-state index in [0.29, 0.717) is 25.1 Å². The van der Waals surface area contributed by atoms with Gasteiger partial charge in [0.15, 0.2) is 5.03 Å². The standard InChI is InChI=1S/C12H22N4O3S/c1-8(2)13-6-10-7-14-15-12(10)20(17,18)16-11-4-5-19-9(11)3/h7-9,11,13,16H,4-6H2,1-3H3,(H,14,15). The van der Waals surface area contributed by atoms with Crippen LogP contribution in [0.4, 0.5) is 0 Å². The molecule has 20 heavy (non-hydrogen) atoms. The molecule has 8 heteroatoms. The lowest BCUT2D eigenvalue weighted by Gasteiger charge is -2.16. The maximum atomic E-state index is 12.4. The van der Waals surface area contributed by atoms with E-state index in [9.17, 15) is 8.42 Å². The number of aromatic amines is 1. The SMILES string of the molecule is CC(C)NCc1cn[nH]c1S(=O)(=O)NC1CCOC1C. The van der Waals surface area contributed by atoms with Gasteiger partial charge in [0.1, 0.15) is 0 Å². The molecule has 0 aliphatic carbocycles. The molecule has 7 nitrogen and oxygen atoms in total. The Balaban J connectivity index is 2.11. The molecule has 0 bridgehead atoms. The van der Waals surface area contributed by atoms with Gasteiger partial charge in [-0.25, -0.2) is 13.1 Å². The molecular formula is C12H22N4O3S. The van der Waals surface area contributed by atoms with Crippen molar-refractivity contribution in [1.29, 1.82) is 0 Å². The summed E-state index contributed by atoms with van der Waals surface area (Å²) in [5.41, 5.74) is 0.637. The van der Waals surface area contributed by atoms with E-state index >= 15 is 0 Å². The summed E-state index contributed by atoms with van der Waals surface area (Å²) in [5, 5.41) is 9.74. The summed E-state index contributed by atoms with van der Waals surface area (Å²) in [7, 11) is -3.60. The van der Waals surface area contributed by atoms with Gasteiger partial charge in [0.2, 0.25) is 0 Å². The predicted molar refractivity (Wildman–Crippen MR) is 74.7 cm³/mol. The molecule has 2 rings (SSSR count). The van der Waals surface area contributed by atoms with Gasteiger partial charge in [-0.05, 0) is 13.3 Å². The third kappa shape index (κ3) is 3.57. The van der Waals surface area contributed by atoms with Crippen LogP contribution in [0.2, 0.25) is 0 Å². The van der Waals surface area contributed by atoms with Crippen LogP contribution in [0.25, 0.3) is 0 Å². The summed E-state index contributed by atoms with van der Waals surface area (Å²) in [4.78, 5) is 0. The molecule has 114 valence electrons. The van der Waals surface area contributed by atoms with Gasteiger partial charge in [0.25, 0.3) is 10.0 Å². The first-order valence-corrected chi connectivity index (χ1v) is 8.28. The van der Waals surface area contributed by atoms with Crippen LogP contribution in [0.3, 0.4) is 0 Å². The van der Waals surface area contributed by atoms with Crippen LogP contribution in [-0.2, 0) is 21.3 Å². The highest BCUT2D eigenvalue weighted by molar-refractivity contribution is 7.89. The summed E-state index contributed by atoms with van der Waals surface area (Å²) >= 11 is 0. The van der Waals surface area contributed by atoms with Crippen LogP contribution in [0, 0.1) is 0 Å². The molecule has 2 unspecified atom stereocenters. The molecule has 3 N–H and O–H groups in total. The van der Waals surface area contributed by atoms with Crippen LogP contribution in [0.5, 0.6) is 0 Å². The summed E-state index contributed by atoms with van der Waals surface area (Å²) in [6, 6.07) is 0.0888. The molecule has 1 aromatic heterocycles. The van der Waals surface area contributed by atoms with Gasteiger partial charge in [-0.2, -0.15) is 5.10 Å². The van der Waals surface area contributed by atoms with E-state index in [1.165, 1.54) is 0 Å². The van der Waals surface area contributed by atoms with Crippen molar-refractivity contribution in [1.82, 2.24) is 20.2 Å². The van der Waals surface area contributed by atoms with E-state index in [-0.39, 0.29) is 23.2 Å². The highest BCUT2D eigenvalue weighted by atomic mass is 32.2. The summed E-state index contributed by atoms with van der Waals surface area (Å²) in [5.74, 6) is 0. The quantitative estimate of drug-likeness (QED) is 0.705. The van der Waals surface area contributed by atoms with Gasteiger partial charge in [0.05, 0.1) is 18.3 Å². The first kappa shape index (κ1) is 15.4. The second-order valence-electron chi connectivity index (χ2n) is 5.35. The van der Waals surface area contributed by atoms with Gasteiger partial charge < -0.3 is 10.1 Å². The van der Waals surface area contributed by atoms with Crippen molar-refractivity contribution >= 4 is 10.0 Å². The van der Waals surface area contributed by atoms with Crippen molar-refractivity contribution in [2.75, 3.05) is 6.61 Å². The molecule has 1 aliphatic rings. The Labute approximate surface area is 119 Å². The zero-order valence-electron chi connectivity index (χ0n) is 12.0. The number of hydrogen-bond acceptors (Lipinski definition) is 5. The third-order valence-corrected chi connectivity index (χ3v) is 4.83. The van der Waals surface area contributed by atoms with Crippen molar-refractivity contribution in [3.63, 3.8) is 0 Å². The maximum Gasteiger partial charge on any atom is 0.258 e. The molecule has 0 amide bonds. The molecule has 2 atom stereocenters. The first-order valence-electron chi connectivity index (χ1n) is 6.79. The van der Waals surface area contributed by atoms with Crippen molar-refractivity contribution in [2.45, 2.75) is 57.0 Å². The number of H-pyrrole nitrogens is 1. The number of ether oxygens (including phenoxy) is 1. The Kier molecular flexibility index (Phi) is 4.79. The Morgan fingerprint density at radius 3 is 2.90 bits per heavy atom. The molecule has 2 heterocycles. The number of hydrogen-bond donors (Lipinski definition) is 3. The van der Waals surface area contributed by atoms with E-state index in [0.717, 1.165) is 0 Å². The lowest BCUT2D eigenvalue weighted by atomic mass is 10.2. The van der Waals surface area contributed by atoms with Crippen molar-refractivity contribution in [3.8, 4) is 0 Å². The van der Waals surface area contributed by atoms with E-state index in [1.807, 2.05) is 20.8 Å². The zero-order chi connectivity index (χ0) is 14.8. The third-order valence-electron chi connectivity index (χ3n) is 3.33. The average Bonchev–Trinajstić information content (AvgIpc) is 2.96. The van der Waals surface area contributed by atoms with Crippen LogP contribution >= 0.6 is 0 Å². The lowest BCUT2D eigenvalue weighted by Crippen LogP contribution is -2.39. The van der Waals surface area contributed by atoms with Crippen LogP contribution in [-0.4, -0.2) is 43.4 Å². The van der Waals surface area contributed by atoms with Crippen molar-refractivity contribution < 1.29 is 13.2 Å². The fourth-order valence-corrected chi connectivity index (χ4v) is 3.59. The molecule has 1 saturated heterocycles. The minimum Gasteiger partial charge on any atom is -0.377 e. The van der Waals surface area contributed by atoms with Gasteiger partial charge in [-0.15, -0.1) is 0 Å². The second kappa shape index (κ2) is 6.21. The van der Waals surface area contributed by atoms with Crippen LogP contribution < -0.4 is 10.0 Å². The summed E-state index contributed by atoms with van der Waals surface area (Å²) in [6.45, 7) is 6.92. The maximum absolute atomic E-state index is 12.4. The Hall–Kier alpha value is -0.960. The van der Waals surface area contributed by atoms with E-state index in [1.54, 1.807) is 6.20 Å². The molecule has 1 aromatic rings. The number of nitrogens with zero attached hydrogens (tertiary/aromatic N) is 1. The number of nitrogens with one attached hydrogen (secondary N) is 3. The van der Waals surface area contributed by atoms with E-state index in [2.05, 4.69) is 20.2 Å². The molecular weight excluding hydrogens is 280 g/mol. The molecule has 0 spiro atoms. The van der Waals surface area contributed by atoms with Crippen molar-refractivity contribution in [3.05, 3.63) is 11.8 Å². The number of sulfonamides is 1. The van der Waals surface area contributed by atoms with Crippen LogP contribution in [0.1, 0.15) is 32.8 Å². The first-order chi connectivity index (χ1) is 9.40. The highest BCUT2D eigenvalue weighted by Gasteiger charge is 2.31. The summed E-state index contributed by atoms with van der Waals surface area (Å²) < 4.78 is 32.8. The van der Waals surface area contributed by atoms with Gasteiger partial charge in [0, 0.05) is 24.8 Å². The zero-order valence-corrected chi connectivity index (χ0v) is 12.8. The predicted octanol–water partition coefficient (Wildman–Crippen LogP) is 0.363. The topological polar surface area (TPSA) is 96.1 Å². The Morgan fingerprint density at radius 1 is 1.55 bits per heavy atom. The minimum absolute atomic E-state index is 0.107. The molecule has 1 fully saturated rings. The smallest absolute Gasteiger partial charge is 0.258 e. The molecule has 0 saturated carbocycles. The lowest BCUT2D eigenvalue weighted by molar-refractivity contribution is 0.117. The average molecular weight is 302 g/mol. The molecule has 0 aromatic carbocycles. The van der Waals surface area contributed by atoms with Gasteiger partial charge >= 0.3 is 0 Å². The second-order valence-corrected chi connectivity index (χ2v) is 7.00. The highest BCUT2D eigenvalue weighted by Crippen LogP contribution is 2.18. The van der Waals surface area contributed by atoms with E-state index < -0.39 is 10.0 Å².